The zero-order chi connectivity index (χ0) is 16.3. The third-order valence-corrected chi connectivity index (χ3v) is 5.06. The van der Waals surface area contributed by atoms with Crippen molar-refractivity contribution in [3.63, 3.8) is 0 Å². The molecule has 2 saturated carbocycles. The van der Waals surface area contributed by atoms with E-state index in [0.29, 0.717) is 19.4 Å². The van der Waals surface area contributed by atoms with Crippen molar-refractivity contribution in [2.45, 2.75) is 57.6 Å². The molecule has 3 rings (SSSR count). The van der Waals surface area contributed by atoms with Crippen LogP contribution in [0.1, 0.15) is 50.5 Å². The van der Waals surface area contributed by atoms with Crippen LogP contribution in [0.3, 0.4) is 0 Å². The summed E-state index contributed by atoms with van der Waals surface area (Å²) in [6, 6.07) is 7.70. The van der Waals surface area contributed by atoms with E-state index in [1.54, 1.807) is 0 Å². The van der Waals surface area contributed by atoms with Gasteiger partial charge in [-0.05, 0) is 38.2 Å². The Morgan fingerprint density at radius 3 is 2.52 bits per heavy atom. The number of carbonyl (C=O) groups excluding carboxylic acids is 1. The number of rotatable bonds is 7. The van der Waals surface area contributed by atoms with Crippen molar-refractivity contribution in [3.8, 4) is 5.75 Å². The molecule has 2 aliphatic carbocycles. The second-order valence-corrected chi connectivity index (χ2v) is 6.67. The van der Waals surface area contributed by atoms with Gasteiger partial charge in [0.1, 0.15) is 5.75 Å². The quantitative estimate of drug-likeness (QED) is 0.811. The Morgan fingerprint density at radius 1 is 1.22 bits per heavy atom. The number of benzene rings is 1. The van der Waals surface area contributed by atoms with Gasteiger partial charge in [0.2, 0.25) is 5.91 Å². The number of ether oxygens (including phenoxy) is 1. The monoisotopic (exact) mass is 317 g/mol. The maximum Gasteiger partial charge on any atom is 0.310 e. The largest absolute Gasteiger partial charge is 0.490 e. The Balaban J connectivity index is 1.55. The Morgan fingerprint density at radius 2 is 1.96 bits per heavy atom. The van der Waals surface area contributed by atoms with Crippen molar-refractivity contribution in [1.82, 2.24) is 5.32 Å². The maximum absolute atomic E-state index is 12.1. The van der Waals surface area contributed by atoms with Gasteiger partial charge in [0.05, 0.1) is 11.5 Å². The zero-order valence-corrected chi connectivity index (χ0v) is 13.2. The van der Waals surface area contributed by atoms with Crippen LogP contribution in [0.15, 0.2) is 24.3 Å². The summed E-state index contributed by atoms with van der Waals surface area (Å²) >= 11 is 0. The van der Waals surface area contributed by atoms with Crippen LogP contribution in [0, 0.1) is 5.41 Å². The van der Waals surface area contributed by atoms with E-state index in [4.69, 9.17) is 4.74 Å². The minimum Gasteiger partial charge on any atom is -0.490 e. The van der Waals surface area contributed by atoms with E-state index < -0.39 is 11.4 Å². The van der Waals surface area contributed by atoms with E-state index in [1.807, 2.05) is 24.3 Å². The predicted octanol–water partition coefficient (Wildman–Crippen LogP) is 2.88. The summed E-state index contributed by atoms with van der Waals surface area (Å²) in [5, 5.41) is 12.1. The summed E-state index contributed by atoms with van der Waals surface area (Å²) in [7, 11) is 0. The second kappa shape index (κ2) is 6.60. The third-order valence-electron chi connectivity index (χ3n) is 5.06. The van der Waals surface area contributed by atoms with Crippen LogP contribution in [0.2, 0.25) is 0 Å². The smallest absolute Gasteiger partial charge is 0.310 e. The number of hydrogen-bond donors (Lipinski definition) is 2. The highest BCUT2D eigenvalue weighted by Crippen LogP contribution is 2.44. The molecule has 0 atom stereocenters. The van der Waals surface area contributed by atoms with Crippen molar-refractivity contribution < 1.29 is 19.4 Å². The van der Waals surface area contributed by atoms with E-state index in [1.165, 1.54) is 6.42 Å². The fraction of sp³-hybridized carbons (Fsp3) is 0.556. The molecule has 1 amide bonds. The van der Waals surface area contributed by atoms with E-state index in [9.17, 15) is 14.7 Å². The highest BCUT2D eigenvalue weighted by molar-refractivity contribution is 5.85. The first-order valence-electron chi connectivity index (χ1n) is 8.34. The molecule has 0 radical (unpaired) electrons. The van der Waals surface area contributed by atoms with Gasteiger partial charge in [0.25, 0.3) is 0 Å². The molecule has 0 unspecified atom stereocenters. The first kappa shape index (κ1) is 15.8. The molecule has 23 heavy (non-hydrogen) atoms. The zero-order valence-electron chi connectivity index (χ0n) is 13.2. The number of para-hydroxylation sites is 1. The standard InChI is InChI=1S/C18H23NO4/c20-16(11-18(17(21)22)9-4-10-18)19-12-13-5-1-2-8-15(13)23-14-6-3-7-14/h1-2,5,8,14H,3-4,6-7,9-12H2,(H,19,20)(H,21,22). The number of carboxylic acids is 1. The molecule has 2 fully saturated rings. The molecule has 2 N–H and O–H groups in total. The predicted molar refractivity (Wildman–Crippen MR) is 85.1 cm³/mol. The van der Waals surface area contributed by atoms with Gasteiger partial charge in [-0.2, -0.15) is 0 Å². The molecule has 0 bridgehead atoms. The first-order valence-corrected chi connectivity index (χ1v) is 8.34. The highest BCUT2D eigenvalue weighted by atomic mass is 16.5. The molecular weight excluding hydrogens is 294 g/mol. The van der Waals surface area contributed by atoms with Gasteiger partial charge in [-0.25, -0.2) is 0 Å². The first-order chi connectivity index (χ1) is 11.1. The molecule has 0 saturated heterocycles. The number of nitrogens with one attached hydrogen (secondary N) is 1. The molecule has 1 aromatic rings. The van der Waals surface area contributed by atoms with Gasteiger partial charge in [0.15, 0.2) is 0 Å². The van der Waals surface area contributed by atoms with E-state index >= 15 is 0 Å². The van der Waals surface area contributed by atoms with E-state index in [2.05, 4.69) is 5.32 Å². The van der Waals surface area contributed by atoms with Crippen molar-refractivity contribution in [2.24, 2.45) is 5.41 Å². The lowest BCUT2D eigenvalue weighted by molar-refractivity contribution is -0.157. The maximum atomic E-state index is 12.1. The van der Waals surface area contributed by atoms with Crippen molar-refractivity contribution >= 4 is 11.9 Å². The summed E-state index contributed by atoms with van der Waals surface area (Å²) in [5.74, 6) is -0.243. The van der Waals surface area contributed by atoms with Crippen LogP contribution in [-0.2, 0) is 16.1 Å². The van der Waals surface area contributed by atoms with Crippen molar-refractivity contribution in [3.05, 3.63) is 29.8 Å². The van der Waals surface area contributed by atoms with Gasteiger partial charge < -0.3 is 15.2 Å². The summed E-state index contributed by atoms with van der Waals surface area (Å²) < 4.78 is 5.94. The number of amides is 1. The molecule has 2 aliphatic rings. The summed E-state index contributed by atoms with van der Waals surface area (Å²) in [5.41, 5.74) is 0.0946. The van der Waals surface area contributed by atoms with E-state index in [0.717, 1.165) is 30.6 Å². The van der Waals surface area contributed by atoms with Crippen LogP contribution < -0.4 is 10.1 Å². The third kappa shape index (κ3) is 3.49. The Kier molecular flexibility index (Phi) is 4.55. The highest BCUT2D eigenvalue weighted by Gasteiger charge is 2.45. The van der Waals surface area contributed by atoms with Gasteiger partial charge in [-0.1, -0.05) is 24.6 Å². The average Bonchev–Trinajstić information content (AvgIpc) is 2.45. The number of hydrogen-bond acceptors (Lipinski definition) is 3. The van der Waals surface area contributed by atoms with Gasteiger partial charge in [0, 0.05) is 18.5 Å². The average molecular weight is 317 g/mol. The fourth-order valence-corrected chi connectivity index (χ4v) is 3.07. The minimum absolute atomic E-state index is 0.0635. The van der Waals surface area contributed by atoms with Gasteiger partial charge >= 0.3 is 5.97 Å². The molecule has 5 heteroatoms. The summed E-state index contributed by atoms with van der Waals surface area (Å²) in [6.45, 7) is 0.372. The Labute approximate surface area is 136 Å². The lowest BCUT2D eigenvalue weighted by atomic mass is 9.66. The molecule has 0 aliphatic heterocycles. The van der Waals surface area contributed by atoms with Crippen LogP contribution in [0.25, 0.3) is 0 Å². The summed E-state index contributed by atoms with van der Waals surface area (Å²) in [6.07, 6.45) is 5.81. The molecule has 124 valence electrons. The molecule has 0 heterocycles. The number of carbonyl (C=O) groups is 2. The van der Waals surface area contributed by atoms with Gasteiger partial charge in [-0.15, -0.1) is 0 Å². The lowest BCUT2D eigenvalue weighted by Gasteiger charge is -2.36. The number of carboxylic acid groups (broad SMARTS) is 1. The normalized spacial score (nSPS) is 19.3. The van der Waals surface area contributed by atoms with E-state index in [-0.39, 0.29) is 18.4 Å². The Bertz CT molecular complexity index is 590. The Hall–Kier alpha value is -2.04. The van der Waals surface area contributed by atoms with Crippen LogP contribution in [-0.4, -0.2) is 23.1 Å². The minimum atomic E-state index is -0.854. The van der Waals surface area contributed by atoms with Crippen molar-refractivity contribution in [2.75, 3.05) is 0 Å². The molecule has 1 aromatic carbocycles. The van der Waals surface area contributed by atoms with Crippen LogP contribution in [0.4, 0.5) is 0 Å². The summed E-state index contributed by atoms with van der Waals surface area (Å²) in [4.78, 5) is 23.4. The topological polar surface area (TPSA) is 75.6 Å². The van der Waals surface area contributed by atoms with Gasteiger partial charge in [-0.3, -0.25) is 9.59 Å². The van der Waals surface area contributed by atoms with Crippen molar-refractivity contribution in [1.29, 1.82) is 0 Å². The fourth-order valence-electron chi connectivity index (χ4n) is 3.07. The van der Waals surface area contributed by atoms with Crippen LogP contribution in [0.5, 0.6) is 5.75 Å². The second-order valence-electron chi connectivity index (χ2n) is 6.67. The molecular formula is C18H23NO4. The molecule has 0 aromatic heterocycles. The lowest BCUT2D eigenvalue weighted by Crippen LogP contribution is -2.42. The SMILES string of the molecule is O=C(CC1(C(=O)O)CCC1)NCc1ccccc1OC1CCC1. The van der Waals surface area contributed by atoms with Crippen LogP contribution >= 0.6 is 0 Å². The molecule has 0 spiro atoms. The number of aliphatic carboxylic acids is 1. The molecule has 5 nitrogen and oxygen atoms in total.